The first-order valence-electron chi connectivity index (χ1n) is 8.64. The first-order valence-corrected chi connectivity index (χ1v) is 9.83. The number of hydrogen-bond donors (Lipinski definition) is 0. The summed E-state index contributed by atoms with van der Waals surface area (Å²) < 4.78 is 14.7. The van der Waals surface area contributed by atoms with E-state index in [-0.39, 0.29) is 33.5 Å². The maximum absolute atomic E-state index is 14.2. The van der Waals surface area contributed by atoms with Crippen LogP contribution in [-0.2, 0) is 6.54 Å². The van der Waals surface area contributed by atoms with Crippen LogP contribution in [0.15, 0.2) is 60.9 Å². The molecular weight excluding hydrogens is 431 g/mol. The first kappa shape index (κ1) is 19.9. The second kappa shape index (κ2) is 8.13. The van der Waals surface area contributed by atoms with Gasteiger partial charge in [-0.25, -0.2) is 9.37 Å². The molecule has 0 aliphatic rings. The lowest BCUT2D eigenvalue weighted by Crippen LogP contribution is -2.30. The molecule has 0 unspecified atom stereocenters. The number of pyridine rings is 1. The summed E-state index contributed by atoms with van der Waals surface area (Å²) in [5.74, 6) is -1.09. The number of fused-ring (bicyclic) bond motifs is 1. The van der Waals surface area contributed by atoms with Gasteiger partial charge in [-0.3, -0.25) is 24.8 Å². The van der Waals surface area contributed by atoms with E-state index >= 15 is 0 Å². The van der Waals surface area contributed by atoms with Crippen molar-refractivity contribution in [2.45, 2.75) is 6.54 Å². The van der Waals surface area contributed by atoms with E-state index in [0.717, 1.165) is 17.4 Å². The van der Waals surface area contributed by atoms with Gasteiger partial charge in [0.2, 0.25) is 0 Å². The van der Waals surface area contributed by atoms with Crippen LogP contribution in [0.2, 0.25) is 5.02 Å². The summed E-state index contributed by atoms with van der Waals surface area (Å²) in [6.07, 6.45) is 3.18. The van der Waals surface area contributed by atoms with Gasteiger partial charge in [-0.2, -0.15) is 0 Å². The van der Waals surface area contributed by atoms with Gasteiger partial charge in [0.25, 0.3) is 11.6 Å². The predicted molar refractivity (Wildman–Crippen MR) is 112 cm³/mol. The van der Waals surface area contributed by atoms with Crippen molar-refractivity contribution in [3.8, 4) is 0 Å². The number of rotatable bonds is 5. The van der Waals surface area contributed by atoms with Gasteiger partial charge in [0.1, 0.15) is 11.3 Å². The number of benzene rings is 2. The van der Waals surface area contributed by atoms with E-state index in [0.29, 0.717) is 10.3 Å². The number of nitro groups is 1. The number of carbonyl (C=O) groups is 1. The van der Waals surface area contributed by atoms with Gasteiger partial charge in [-0.15, -0.1) is 0 Å². The van der Waals surface area contributed by atoms with Gasteiger partial charge in [-0.05, 0) is 29.8 Å². The van der Waals surface area contributed by atoms with E-state index in [2.05, 4.69) is 9.97 Å². The Labute approximate surface area is 178 Å². The number of aromatic nitrogens is 2. The molecule has 0 saturated carbocycles. The Bertz CT molecular complexity index is 1270. The Balaban J connectivity index is 1.82. The number of nitrogens with zero attached hydrogens (tertiary/aromatic N) is 4. The van der Waals surface area contributed by atoms with Crippen LogP contribution in [0.4, 0.5) is 15.2 Å². The number of thiazole rings is 1. The zero-order valence-electron chi connectivity index (χ0n) is 15.2. The maximum Gasteiger partial charge on any atom is 0.270 e. The molecule has 0 atom stereocenters. The third-order valence-corrected chi connectivity index (χ3v) is 5.66. The highest BCUT2D eigenvalue weighted by Crippen LogP contribution is 2.33. The number of anilines is 1. The van der Waals surface area contributed by atoms with E-state index in [9.17, 15) is 19.3 Å². The maximum atomic E-state index is 14.2. The van der Waals surface area contributed by atoms with Crippen molar-refractivity contribution in [2.24, 2.45) is 0 Å². The molecule has 7 nitrogen and oxygen atoms in total. The molecule has 30 heavy (non-hydrogen) atoms. The fourth-order valence-electron chi connectivity index (χ4n) is 2.86. The molecule has 2 aromatic heterocycles. The van der Waals surface area contributed by atoms with Crippen molar-refractivity contribution in [3.05, 3.63) is 93.0 Å². The van der Waals surface area contributed by atoms with E-state index in [1.54, 1.807) is 36.7 Å². The monoisotopic (exact) mass is 442 g/mol. The molecule has 0 bridgehead atoms. The third-order valence-electron chi connectivity index (χ3n) is 4.29. The highest BCUT2D eigenvalue weighted by Gasteiger charge is 2.26. The van der Waals surface area contributed by atoms with Gasteiger partial charge in [0, 0.05) is 24.5 Å². The summed E-state index contributed by atoms with van der Waals surface area (Å²) in [5.41, 5.74) is 0.535. The Hall–Kier alpha value is -3.43. The standard InChI is InChI=1S/C20H12ClFN4O3S/c21-15-7-6-13(26(28)29)9-14(15)19(27)25(11-12-3-2-8-23-10-12)20-24-18-16(22)4-1-5-17(18)30-20/h1-10H,11H2. The van der Waals surface area contributed by atoms with Crippen LogP contribution in [-0.4, -0.2) is 20.8 Å². The molecule has 0 aliphatic carbocycles. The Morgan fingerprint density at radius 3 is 2.77 bits per heavy atom. The molecule has 2 heterocycles. The molecule has 0 saturated heterocycles. The van der Waals surface area contributed by atoms with Gasteiger partial charge in [0.15, 0.2) is 5.13 Å². The van der Waals surface area contributed by atoms with Crippen LogP contribution in [0, 0.1) is 15.9 Å². The quantitative estimate of drug-likeness (QED) is 0.311. The third kappa shape index (κ3) is 3.85. The molecule has 0 fully saturated rings. The minimum atomic E-state index is -0.606. The van der Waals surface area contributed by atoms with E-state index < -0.39 is 16.6 Å². The average molecular weight is 443 g/mol. The summed E-state index contributed by atoms with van der Waals surface area (Å²) in [6, 6.07) is 11.7. The van der Waals surface area contributed by atoms with Crippen molar-refractivity contribution in [3.63, 3.8) is 0 Å². The number of halogens is 2. The number of non-ortho nitro benzene ring substituents is 1. The summed E-state index contributed by atoms with van der Waals surface area (Å²) in [7, 11) is 0. The van der Waals surface area contributed by atoms with Crippen molar-refractivity contribution >= 4 is 49.9 Å². The predicted octanol–water partition coefficient (Wildman–Crippen LogP) is 5.24. The zero-order chi connectivity index (χ0) is 21.3. The van der Waals surface area contributed by atoms with Gasteiger partial charge < -0.3 is 0 Å². The molecule has 0 aliphatic heterocycles. The largest absolute Gasteiger partial charge is 0.279 e. The van der Waals surface area contributed by atoms with Gasteiger partial charge >= 0.3 is 0 Å². The number of para-hydroxylation sites is 1. The van der Waals surface area contributed by atoms with E-state index in [1.165, 1.54) is 23.1 Å². The van der Waals surface area contributed by atoms with E-state index in [4.69, 9.17) is 11.6 Å². The number of nitro benzene ring substituents is 1. The summed E-state index contributed by atoms with van der Waals surface area (Å²) in [5, 5.41) is 11.5. The summed E-state index contributed by atoms with van der Waals surface area (Å²) >= 11 is 7.31. The Morgan fingerprint density at radius 2 is 2.07 bits per heavy atom. The lowest BCUT2D eigenvalue weighted by Gasteiger charge is -2.20. The van der Waals surface area contributed by atoms with Crippen LogP contribution < -0.4 is 4.90 Å². The molecule has 150 valence electrons. The molecule has 0 radical (unpaired) electrons. The molecule has 4 rings (SSSR count). The summed E-state index contributed by atoms with van der Waals surface area (Å²) in [4.78, 5) is 33.6. The first-order chi connectivity index (χ1) is 14.4. The van der Waals surface area contributed by atoms with E-state index in [1.807, 2.05) is 0 Å². The lowest BCUT2D eigenvalue weighted by molar-refractivity contribution is -0.384. The van der Waals surface area contributed by atoms with Crippen LogP contribution >= 0.6 is 22.9 Å². The minimum Gasteiger partial charge on any atom is -0.279 e. The fourth-order valence-corrected chi connectivity index (χ4v) is 4.03. The van der Waals surface area contributed by atoms with Crippen molar-refractivity contribution in [1.29, 1.82) is 0 Å². The molecule has 10 heteroatoms. The number of hydrogen-bond acceptors (Lipinski definition) is 6. The molecular formula is C20H12ClFN4O3S. The molecule has 0 N–H and O–H groups in total. The SMILES string of the molecule is O=C(c1cc([N+](=O)[O-])ccc1Cl)N(Cc1cccnc1)c1nc2c(F)cccc2s1. The highest BCUT2D eigenvalue weighted by atomic mass is 35.5. The van der Waals surface area contributed by atoms with Gasteiger partial charge in [0.05, 0.1) is 26.8 Å². The van der Waals surface area contributed by atoms with Gasteiger partial charge in [-0.1, -0.05) is 35.1 Å². The summed E-state index contributed by atoms with van der Waals surface area (Å²) in [6.45, 7) is 0.0765. The van der Waals surface area contributed by atoms with Crippen LogP contribution in [0.3, 0.4) is 0 Å². The topological polar surface area (TPSA) is 89.2 Å². The normalized spacial score (nSPS) is 10.9. The van der Waals surface area contributed by atoms with Crippen LogP contribution in [0.25, 0.3) is 10.2 Å². The number of amides is 1. The highest BCUT2D eigenvalue weighted by molar-refractivity contribution is 7.22. The second-order valence-corrected chi connectivity index (χ2v) is 7.67. The van der Waals surface area contributed by atoms with Crippen LogP contribution in [0.5, 0.6) is 0 Å². The number of carbonyl (C=O) groups excluding carboxylic acids is 1. The smallest absolute Gasteiger partial charge is 0.270 e. The lowest BCUT2D eigenvalue weighted by atomic mass is 10.1. The van der Waals surface area contributed by atoms with Crippen LogP contribution in [0.1, 0.15) is 15.9 Å². The zero-order valence-corrected chi connectivity index (χ0v) is 16.7. The van der Waals surface area contributed by atoms with Crippen molar-refractivity contribution < 1.29 is 14.1 Å². The molecule has 1 amide bonds. The molecule has 2 aromatic carbocycles. The average Bonchev–Trinajstić information content (AvgIpc) is 3.18. The molecule has 0 spiro atoms. The second-order valence-electron chi connectivity index (χ2n) is 6.26. The minimum absolute atomic E-state index is 0.0468. The van der Waals surface area contributed by atoms with Crippen molar-refractivity contribution in [1.82, 2.24) is 9.97 Å². The Kier molecular flexibility index (Phi) is 5.39. The Morgan fingerprint density at radius 1 is 1.23 bits per heavy atom. The van der Waals surface area contributed by atoms with Crippen molar-refractivity contribution in [2.75, 3.05) is 4.90 Å². The molecule has 4 aromatic rings. The fraction of sp³-hybridized carbons (Fsp3) is 0.0500.